The van der Waals surface area contributed by atoms with Crippen LogP contribution in [0.3, 0.4) is 0 Å². The summed E-state index contributed by atoms with van der Waals surface area (Å²) in [5, 5.41) is 11.3. The highest BCUT2D eigenvalue weighted by Gasteiger charge is 2.15. The minimum absolute atomic E-state index is 0.705. The Hall–Kier alpha value is -1.86. The number of nitrogens with zero attached hydrogens (tertiary/aromatic N) is 3. The second kappa shape index (κ2) is 3.82. The molecule has 2 heterocycles. The van der Waals surface area contributed by atoms with Crippen LogP contribution < -0.4 is 0 Å². The average Bonchev–Trinajstić information content (AvgIpc) is 2.67. The number of hydrogen-bond donors (Lipinski definition) is 0. The van der Waals surface area contributed by atoms with Gasteiger partial charge in [-0.05, 0) is 29.8 Å². The Kier molecular flexibility index (Phi) is 2.39. The van der Waals surface area contributed by atoms with Crippen molar-refractivity contribution in [3.63, 3.8) is 0 Å². The van der Waals surface area contributed by atoms with Gasteiger partial charge in [-0.3, -0.25) is 4.40 Å². The number of benzene rings is 1. The zero-order valence-electron chi connectivity index (χ0n) is 10.0. The Labute approximate surface area is 113 Å². The summed E-state index contributed by atoms with van der Waals surface area (Å²) in [6.07, 6.45) is 0. The smallest absolute Gasteiger partial charge is 0.146 e. The molecule has 4 heteroatoms. The van der Waals surface area contributed by atoms with Crippen molar-refractivity contribution in [2.45, 2.75) is 13.8 Å². The molecule has 3 nitrogen and oxygen atoms in total. The number of halogens is 1. The van der Waals surface area contributed by atoms with Crippen molar-refractivity contribution in [2.75, 3.05) is 0 Å². The molecule has 0 N–H and O–H groups in total. The summed E-state index contributed by atoms with van der Waals surface area (Å²) < 4.78 is 2.91. The summed E-state index contributed by atoms with van der Waals surface area (Å²) in [5.74, 6) is 0. The van der Waals surface area contributed by atoms with Crippen molar-refractivity contribution in [1.82, 2.24) is 9.38 Å². The number of pyridine rings is 1. The SMILES string of the molecule is Cc1nc2c3ccccc3c(C#N)c(C)n2c1Br. The zero-order valence-corrected chi connectivity index (χ0v) is 11.6. The maximum Gasteiger partial charge on any atom is 0.146 e. The molecule has 3 rings (SSSR count). The van der Waals surface area contributed by atoms with Gasteiger partial charge in [-0.25, -0.2) is 4.98 Å². The second-order valence-electron chi connectivity index (χ2n) is 4.26. The fourth-order valence-corrected chi connectivity index (χ4v) is 2.86. The normalized spacial score (nSPS) is 11.0. The molecule has 0 bridgehead atoms. The molecule has 88 valence electrons. The monoisotopic (exact) mass is 299 g/mol. The zero-order chi connectivity index (χ0) is 12.9. The van der Waals surface area contributed by atoms with Gasteiger partial charge in [-0.1, -0.05) is 24.3 Å². The number of fused-ring (bicyclic) bond motifs is 3. The Morgan fingerprint density at radius 1 is 1.22 bits per heavy atom. The lowest BCUT2D eigenvalue weighted by Crippen LogP contribution is -1.98. The molecule has 0 atom stereocenters. The second-order valence-corrected chi connectivity index (χ2v) is 5.02. The summed E-state index contributed by atoms with van der Waals surface area (Å²) in [7, 11) is 0. The molecule has 0 spiro atoms. The predicted molar refractivity (Wildman–Crippen MR) is 74.6 cm³/mol. The van der Waals surface area contributed by atoms with Gasteiger partial charge in [0.2, 0.25) is 0 Å². The van der Waals surface area contributed by atoms with E-state index in [1.54, 1.807) is 0 Å². The average molecular weight is 300 g/mol. The van der Waals surface area contributed by atoms with Crippen LogP contribution in [-0.4, -0.2) is 9.38 Å². The van der Waals surface area contributed by atoms with E-state index in [9.17, 15) is 5.26 Å². The van der Waals surface area contributed by atoms with E-state index in [4.69, 9.17) is 0 Å². The number of aromatic nitrogens is 2. The summed E-state index contributed by atoms with van der Waals surface area (Å²) in [6, 6.07) is 10.2. The van der Waals surface area contributed by atoms with Gasteiger partial charge < -0.3 is 0 Å². The third kappa shape index (κ3) is 1.31. The number of rotatable bonds is 0. The van der Waals surface area contributed by atoms with E-state index in [1.165, 1.54) is 0 Å². The first-order valence-electron chi connectivity index (χ1n) is 5.61. The topological polar surface area (TPSA) is 41.1 Å². The van der Waals surface area contributed by atoms with E-state index >= 15 is 0 Å². The summed E-state index contributed by atoms with van der Waals surface area (Å²) in [5.41, 5.74) is 3.44. The van der Waals surface area contributed by atoms with Crippen LogP contribution >= 0.6 is 15.9 Å². The van der Waals surface area contributed by atoms with Crippen molar-refractivity contribution >= 4 is 32.3 Å². The van der Waals surface area contributed by atoms with Gasteiger partial charge in [0, 0.05) is 16.5 Å². The highest BCUT2D eigenvalue weighted by Crippen LogP contribution is 2.30. The summed E-state index contributed by atoms with van der Waals surface area (Å²) in [4.78, 5) is 4.58. The van der Waals surface area contributed by atoms with Crippen LogP contribution in [-0.2, 0) is 0 Å². The van der Waals surface area contributed by atoms with Gasteiger partial charge in [-0.15, -0.1) is 0 Å². The number of hydrogen-bond acceptors (Lipinski definition) is 2. The molecule has 0 saturated heterocycles. The molecule has 18 heavy (non-hydrogen) atoms. The lowest BCUT2D eigenvalue weighted by Gasteiger charge is -2.08. The van der Waals surface area contributed by atoms with E-state index in [0.717, 1.165) is 32.4 Å². The number of nitriles is 1. The first-order chi connectivity index (χ1) is 8.65. The lowest BCUT2D eigenvalue weighted by molar-refractivity contribution is 1.06. The van der Waals surface area contributed by atoms with E-state index < -0.39 is 0 Å². The van der Waals surface area contributed by atoms with Gasteiger partial charge in [0.15, 0.2) is 0 Å². The molecule has 2 aromatic heterocycles. The first kappa shape index (κ1) is 11.2. The Balaban J connectivity index is 2.72. The fraction of sp³-hybridized carbons (Fsp3) is 0.143. The van der Waals surface area contributed by atoms with E-state index in [0.29, 0.717) is 5.56 Å². The van der Waals surface area contributed by atoms with Gasteiger partial charge in [-0.2, -0.15) is 5.26 Å². The third-order valence-electron chi connectivity index (χ3n) is 3.23. The van der Waals surface area contributed by atoms with Crippen molar-refractivity contribution in [1.29, 1.82) is 5.26 Å². The predicted octanol–water partition coefficient (Wildman–Crippen LogP) is 3.74. The molecule has 0 aliphatic heterocycles. The lowest BCUT2D eigenvalue weighted by atomic mass is 10.1. The van der Waals surface area contributed by atoms with Crippen LogP contribution in [0, 0.1) is 25.2 Å². The standard InChI is InChI=1S/C14H10BrN3/c1-8-13(15)18-9(2)12(7-16)10-5-3-4-6-11(10)14(18)17-8/h3-6H,1-2H3. The van der Waals surface area contributed by atoms with E-state index in [-0.39, 0.29) is 0 Å². The van der Waals surface area contributed by atoms with Crippen LogP contribution in [0.2, 0.25) is 0 Å². The maximum atomic E-state index is 9.37. The highest BCUT2D eigenvalue weighted by atomic mass is 79.9. The summed E-state index contributed by atoms with van der Waals surface area (Å²) in [6.45, 7) is 3.90. The Morgan fingerprint density at radius 3 is 2.56 bits per heavy atom. The van der Waals surface area contributed by atoms with Crippen LogP contribution in [0.15, 0.2) is 28.9 Å². The summed E-state index contributed by atoms with van der Waals surface area (Å²) >= 11 is 3.54. The van der Waals surface area contributed by atoms with Gasteiger partial charge in [0.1, 0.15) is 16.3 Å². The Bertz CT molecular complexity index is 825. The first-order valence-corrected chi connectivity index (χ1v) is 6.40. The Morgan fingerprint density at radius 2 is 1.89 bits per heavy atom. The van der Waals surface area contributed by atoms with Gasteiger partial charge in [0.05, 0.1) is 11.3 Å². The van der Waals surface area contributed by atoms with Crippen LogP contribution in [0.1, 0.15) is 17.0 Å². The van der Waals surface area contributed by atoms with E-state index in [1.807, 2.05) is 42.5 Å². The molecule has 0 aliphatic carbocycles. The number of aryl methyl sites for hydroxylation is 2. The van der Waals surface area contributed by atoms with Crippen molar-refractivity contribution in [3.05, 3.63) is 45.8 Å². The largest absolute Gasteiger partial charge is 0.289 e. The van der Waals surface area contributed by atoms with Crippen LogP contribution in [0.5, 0.6) is 0 Å². The molecule has 0 fully saturated rings. The molecule has 1 aromatic carbocycles. The van der Waals surface area contributed by atoms with E-state index in [2.05, 4.69) is 27.0 Å². The molecule has 0 amide bonds. The third-order valence-corrected chi connectivity index (χ3v) is 4.16. The minimum Gasteiger partial charge on any atom is -0.289 e. The fourth-order valence-electron chi connectivity index (χ4n) is 2.34. The molecule has 0 unspecified atom stereocenters. The molecule has 0 saturated carbocycles. The van der Waals surface area contributed by atoms with Crippen molar-refractivity contribution in [3.8, 4) is 6.07 Å². The van der Waals surface area contributed by atoms with Gasteiger partial charge in [0.25, 0.3) is 0 Å². The van der Waals surface area contributed by atoms with Crippen molar-refractivity contribution in [2.24, 2.45) is 0 Å². The maximum absolute atomic E-state index is 9.37. The quantitative estimate of drug-likeness (QED) is 0.634. The molecule has 3 aromatic rings. The molecule has 0 radical (unpaired) electrons. The van der Waals surface area contributed by atoms with Crippen molar-refractivity contribution < 1.29 is 0 Å². The van der Waals surface area contributed by atoms with Gasteiger partial charge >= 0.3 is 0 Å². The number of imidazole rings is 1. The molecular formula is C14H10BrN3. The highest BCUT2D eigenvalue weighted by molar-refractivity contribution is 9.10. The van der Waals surface area contributed by atoms with Crippen LogP contribution in [0.25, 0.3) is 16.4 Å². The molecular weight excluding hydrogens is 290 g/mol. The van der Waals surface area contributed by atoms with Crippen LogP contribution in [0.4, 0.5) is 0 Å². The minimum atomic E-state index is 0.705. The molecule has 0 aliphatic rings.